The summed E-state index contributed by atoms with van der Waals surface area (Å²) in [6.45, 7) is 0. The zero-order valence-corrected chi connectivity index (χ0v) is 12.1. The van der Waals surface area contributed by atoms with Crippen LogP contribution in [0.1, 0.15) is 10.4 Å². The van der Waals surface area contributed by atoms with E-state index in [0.29, 0.717) is 10.9 Å². The van der Waals surface area contributed by atoms with Gasteiger partial charge in [-0.3, -0.25) is 19.7 Å². The van der Waals surface area contributed by atoms with E-state index in [-0.39, 0.29) is 11.3 Å². The summed E-state index contributed by atoms with van der Waals surface area (Å²) in [4.78, 5) is 36.6. The van der Waals surface area contributed by atoms with Gasteiger partial charge < -0.3 is 10.3 Å². The Hall–Kier alpha value is -3.55. The second-order valence-electron chi connectivity index (χ2n) is 4.97. The van der Waals surface area contributed by atoms with Crippen molar-refractivity contribution in [1.29, 1.82) is 0 Å². The maximum Gasteiger partial charge on any atom is 0.306 e. The van der Waals surface area contributed by atoms with Crippen LogP contribution in [0.3, 0.4) is 0 Å². The molecular formula is C16H10FN3O4. The van der Waals surface area contributed by atoms with E-state index in [9.17, 15) is 24.1 Å². The van der Waals surface area contributed by atoms with Gasteiger partial charge >= 0.3 is 5.69 Å². The lowest BCUT2D eigenvalue weighted by Gasteiger charge is -2.08. The zero-order chi connectivity index (χ0) is 17.3. The minimum absolute atomic E-state index is 0.0532. The fourth-order valence-corrected chi connectivity index (χ4v) is 2.32. The summed E-state index contributed by atoms with van der Waals surface area (Å²) in [6.07, 6.45) is 0. The van der Waals surface area contributed by atoms with E-state index in [1.807, 2.05) is 0 Å². The van der Waals surface area contributed by atoms with Gasteiger partial charge in [-0.2, -0.15) is 4.39 Å². The molecular weight excluding hydrogens is 317 g/mol. The largest absolute Gasteiger partial charge is 0.322 e. The van der Waals surface area contributed by atoms with Gasteiger partial charge in [0, 0.05) is 28.7 Å². The molecule has 2 N–H and O–H groups in total. The molecule has 0 spiro atoms. The molecule has 0 atom stereocenters. The lowest BCUT2D eigenvalue weighted by Crippen LogP contribution is -2.17. The van der Waals surface area contributed by atoms with Crippen molar-refractivity contribution in [2.24, 2.45) is 0 Å². The summed E-state index contributed by atoms with van der Waals surface area (Å²) in [7, 11) is 0. The molecule has 0 saturated heterocycles. The van der Waals surface area contributed by atoms with Crippen molar-refractivity contribution >= 4 is 28.2 Å². The molecule has 0 aliphatic rings. The number of anilines is 1. The van der Waals surface area contributed by atoms with Crippen LogP contribution in [0.25, 0.3) is 10.9 Å². The Morgan fingerprint density at radius 1 is 1.17 bits per heavy atom. The van der Waals surface area contributed by atoms with Gasteiger partial charge in [0.05, 0.1) is 10.5 Å². The molecule has 0 unspecified atom stereocenters. The first-order chi connectivity index (χ1) is 11.5. The topological polar surface area (TPSA) is 105 Å². The van der Waals surface area contributed by atoms with E-state index in [4.69, 9.17) is 0 Å². The van der Waals surface area contributed by atoms with Crippen LogP contribution in [-0.2, 0) is 0 Å². The van der Waals surface area contributed by atoms with E-state index in [2.05, 4.69) is 10.3 Å². The first-order valence-electron chi connectivity index (χ1n) is 6.83. The van der Waals surface area contributed by atoms with Crippen LogP contribution in [0.15, 0.2) is 53.3 Å². The van der Waals surface area contributed by atoms with E-state index < -0.39 is 27.9 Å². The van der Waals surface area contributed by atoms with Gasteiger partial charge in [0.1, 0.15) is 0 Å². The minimum atomic E-state index is -1.00. The van der Waals surface area contributed by atoms with Crippen LogP contribution < -0.4 is 10.9 Å². The van der Waals surface area contributed by atoms with Crippen molar-refractivity contribution in [2.45, 2.75) is 0 Å². The van der Waals surface area contributed by atoms with Gasteiger partial charge in [-0.25, -0.2) is 0 Å². The molecule has 0 aliphatic carbocycles. The molecule has 7 nitrogen and oxygen atoms in total. The Morgan fingerprint density at radius 2 is 1.92 bits per heavy atom. The number of halogens is 1. The van der Waals surface area contributed by atoms with Gasteiger partial charge in [0.25, 0.3) is 5.91 Å². The maximum absolute atomic E-state index is 13.3. The summed E-state index contributed by atoms with van der Waals surface area (Å²) in [5.41, 5.74) is -0.550. The molecule has 0 saturated carbocycles. The summed E-state index contributed by atoms with van der Waals surface area (Å²) >= 11 is 0. The Bertz CT molecular complexity index is 1030. The number of hydrogen-bond acceptors (Lipinski definition) is 4. The average molecular weight is 327 g/mol. The number of fused-ring (bicyclic) bond motifs is 1. The van der Waals surface area contributed by atoms with E-state index in [1.165, 1.54) is 6.07 Å². The standard InChI is InChI=1S/C16H10FN3O4/c17-12-6-5-9(7-14(12)20(23)24)18-16(22)11-8-15(21)19-13-4-2-1-3-10(11)13/h1-8H,(H,18,22)(H,19,21). The summed E-state index contributed by atoms with van der Waals surface area (Å²) in [5, 5.41) is 13.7. The highest BCUT2D eigenvalue weighted by molar-refractivity contribution is 6.12. The van der Waals surface area contributed by atoms with Crippen molar-refractivity contribution in [3.8, 4) is 0 Å². The average Bonchev–Trinajstić information content (AvgIpc) is 2.55. The quantitative estimate of drug-likeness (QED) is 0.570. The number of pyridine rings is 1. The highest BCUT2D eigenvalue weighted by Crippen LogP contribution is 2.23. The molecule has 3 aromatic rings. The molecule has 0 bridgehead atoms. The molecule has 0 aliphatic heterocycles. The van der Waals surface area contributed by atoms with Gasteiger partial charge in [-0.1, -0.05) is 18.2 Å². The first kappa shape index (κ1) is 15.3. The number of benzene rings is 2. The number of nitrogens with zero attached hydrogens (tertiary/aromatic N) is 1. The number of H-pyrrole nitrogens is 1. The molecule has 1 amide bonds. The monoisotopic (exact) mass is 327 g/mol. The van der Waals surface area contributed by atoms with Crippen LogP contribution in [0.4, 0.5) is 15.8 Å². The molecule has 1 aromatic heterocycles. The highest BCUT2D eigenvalue weighted by atomic mass is 19.1. The van der Waals surface area contributed by atoms with Crippen molar-refractivity contribution in [3.63, 3.8) is 0 Å². The Kier molecular flexibility index (Phi) is 3.78. The number of nitro groups is 1. The first-order valence-corrected chi connectivity index (χ1v) is 6.83. The fourth-order valence-electron chi connectivity index (χ4n) is 2.32. The normalized spacial score (nSPS) is 10.5. The predicted molar refractivity (Wildman–Crippen MR) is 85.6 cm³/mol. The third-order valence-corrected chi connectivity index (χ3v) is 3.40. The SMILES string of the molecule is O=C(Nc1ccc(F)c([N+](=O)[O-])c1)c1cc(=O)[nH]c2ccccc12. The lowest BCUT2D eigenvalue weighted by atomic mass is 10.1. The third kappa shape index (κ3) is 2.84. The Balaban J connectivity index is 2.01. The smallest absolute Gasteiger partial charge is 0.306 e. The molecule has 2 aromatic carbocycles. The number of amides is 1. The van der Waals surface area contributed by atoms with Gasteiger partial charge in [-0.05, 0) is 18.2 Å². The fraction of sp³-hybridized carbons (Fsp3) is 0. The van der Waals surface area contributed by atoms with Crippen LogP contribution in [0, 0.1) is 15.9 Å². The molecule has 1 heterocycles. The van der Waals surface area contributed by atoms with Gasteiger partial charge in [0.2, 0.25) is 11.4 Å². The number of hydrogen-bond donors (Lipinski definition) is 2. The predicted octanol–water partition coefficient (Wildman–Crippen LogP) is 2.83. The second kappa shape index (κ2) is 5.92. The number of aromatic amines is 1. The zero-order valence-electron chi connectivity index (χ0n) is 12.1. The van der Waals surface area contributed by atoms with Crippen molar-refractivity contribution in [3.05, 3.63) is 80.4 Å². The Morgan fingerprint density at radius 3 is 2.67 bits per heavy atom. The molecule has 120 valence electrons. The van der Waals surface area contributed by atoms with Crippen molar-refractivity contribution in [1.82, 2.24) is 4.98 Å². The number of nitro benzene ring substituents is 1. The molecule has 3 rings (SSSR count). The van der Waals surface area contributed by atoms with E-state index in [0.717, 1.165) is 18.2 Å². The molecule has 8 heteroatoms. The van der Waals surface area contributed by atoms with E-state index in [1.54, 1.807) is 24.3 Å². The third-order valence-electron chi connectivity index (χ3n) is 3.40. The highest BCUT2D eigenvalue weighted by Gasteiger charge is 2.17. The maximum atomic E-state index is 13.3. The lowest BCUT2D eigenvalue weighted by molar-refractivity contribution is -0.387. The van der Waals surface area contributed by atoms with Crippen LogP contribution in [-0.4, -0.2) is 15.8 Å². The molecule has 24 heavy (non-hydrogen) atoms. The summed E-state index contributed by atoms with van der Waals surface area (Å²) in [6, 6.07) is 10.9. The van der Waals surface area contributed by atoms with Crippen molar-refractivity contribution in [2.75, 3.05) is 5.32 Å². The van der Waals surface area contributed by atoms with Gasteiger partial charge in [-0.15, -0.1) is 0 Å². The minimum Gasteiger partial charge on any atom is -0.322 e. The van der Waals surface area contributed by atoms with Crippen LogP contribution >= 0.6 is 0 Å². The number of para-hydroxylation sites is 1. The Labute approximate surface area is 133 Å². The molecule has 0 fully saturated rings. The van der Waals surface area contributed by atoms with Crippen LogP contribution in [0.5, 0.6) is 0 Å². The summed E-state index contributed by atoms with van der Waals surface area (Å²) < 4.78 is 13.3. The number of carbonyl (C=O) groups is 1. The number of carbonyl (C=O) groups excluding carboxylic acids is 1. The number of aromatic nitrogens is 1. The molecule has 0 radical (unpaired) electrons. The van der Waals surface area contributed by atoms with Crippen molar-refractivity contribution < 1.29 is 14.1 Å². The number of nitrogens with one attached hydrogen (secondary N) is 2. The van der Waals surface area contributed by atoms with Gasteiger partial charge in [0.15, 0.2) is 0 Å². The summed E-state index contributed by atoms with van der Waals surface area (Å²) in [5.74, 6) is -1.63. The second-order valence-corrected chi connectivity index (χ2v) is 4.97. The van der Waals surface area contributed by atoms with Crippen LogP contribution in [0.2, 0.25) is 0 Å². The van der Waals surface area contributed by atoms with E-state index >= 15 is 0 Å². The number of rotatable bonds is 3.